The molecule has 2 aromatic heterocycles. The van der Waals surface area contributed by atoms with E-state index in [2.05, 4.69) is 33.1 Å². The van der Waals surface area contributed by atoms with Crippen molar-refractivity contribution in [2.45, 2.75) is 19.3 Å². The molecule has 0 saturated carbocycles. The lowest BCUT2D eigenvalue weighted by Crippen LogP contribution is -2.30. The van der Waals surface area contributed by atoms with Crippen molar-refractivity contribution in [2.24, 2.45) is 7.05 Å². The van der Waals surface area contributed by atoms with Gasteiger partial charge in [-0.25, -0.2) is 4.98 Å². The molecule has 27 heavy (non-hydrogen) atoms. The van der Waals surface area contributed by atoms with Gasteiger partial charge in [-0.1, -0.05) is 18.2 Å². The Morgan fingerprint density at radius 3 is 2.96 bits per heavy atom. The van der Waals surface area contributed by atoms with Crippen molar-refractivity contribution in [1.82, 2.24) is 19.8 Å². The summed E-state index contributed by atoms with van der Waals surface area (Å²) >= 11 is 1.47. The van der Waals surface area contributed by atoms with Gasteiger partial charge in [0.15, 0.2) is 0 Å². The molecule has 0 spiro atoms. The first-order valence-electron chi connectivity index (χ1n) is 9.20. The first kappa shape index (κ1) is 17.7. The molecule has 1 N–H and O–H groups in total. The van der Waals surface area contributed by atoms with E-state index in [-0.39, 0.29) is 11.8 Å². The Hall–Kier alpha value is -2.67. The summed E-state index contributed by atoms with van der Waals surface area (Å²) in [7, 11) is 2.01. The summed E-state index contributed by atoms with van der Waals surface area (Å²) in [6.07, 6.45) is 2.36. The first-order chi connectivity index (χ1) is 13.1. The van der Waals surface area contributed by atoms with Gasteiger partial charge in [0, 0.05) is 49.4 Å². The molecule has 2 amide bonds. The average molecular weight is 382 g/mol. The van der Waals surface area contributed by atoms with E-state index < -0.39 is 0 Å². The third kappa shape index (κ3) is 3.60. The van der Waals surface area contributed by atoms with Crippen molar-refractivity contribution in [1.29, 1.82) is 0 Å². The topological polar surface area (TPSA) is 67.2 Å². The van der Waals surface area contributed by atoms with Crippen molar-refractivity contribution in [2.75, 3.05) is 19.6 Å². The smallest absolute Gasteiger partial charge is 0.270 e. The number of para-hydroxylation sites is 1. The number of aryl methyl sites for hydroxylation is 1. The van der Waals surface area contributed by atoms with Crippen LogP contribution in [0.2, 0.25) is 0 Å². The number of likely N-dealkylation sites (tertiary alicyclic amines) is 1. The highest BCUT2D eigenvalue weighted by atomic mass is 32.1. The quantitative estimate of drug-likeness (QED) is 0.667. The second kappa shape index (κ2) is 7.52. The van der Waals surface area contributed by atoms with E-state index >= 15 is 0 Å². The summed E-state index contributed by atoms with van der Waals surface area (Å²) in [5.74, 6) is 0.0597. The number of nitrogens with zero attached hydrogens (tertiary/aromatic N) is 3. The predicted molar refractivity (Wildman–Crippen MR) is 107 cm³/mol. The van der Waals surface area contributed by atoms with Gasteiger partial charge < -0.3 is 14.8 Å². The van der Waals surface area contributed by atoms with Crippen LogP contribution < -0.4 is 5.32 Å². The number of hydrogen-bond acceptors (Lipinski definition) is 4. The molecule has 1 fully saturated rings. The van der Waals surface area contributed by atoms with E-state index in [0.717, 1.165) is 41.0 Å². The van der Waals surface area contributed by atoms with Gasteiger partial charge in [-0.3, -0.25) is 9.59 Å². The van der Waals surface area contributed by atoms with Crippen LogP contribution in [0.1, 0.15) is 29.8 Å². The maximum Gasteiger partial charge on any atom is 0.270 e. The number of amides is 2. The molecule has 140 valence electrons. The Morgan fingerprint density at radius 2 is 2.19 bits per heavy atom. The van der Waals surface area contributed by atoms with Gasteiger partial charge in [-0.15, -0.1) is 11.3 Å². The number of nitrogens with one attached hydrogen (secondary N) is 1. The van der Waals surface area contributed by atoms with Crippen LogP contribution in [0.4, 0.5) is 0 Å². The largest absolute Gasteiger partial charge is 0.351 e. The fourth-order valence-electron chi connectivity index (χ4n) is 3.49. The third-order valence-electron chi connectivity index (χ3n) is 4.97. The molecule has 1 aliphatic rings. The molecule has 6 nitrogen and oxygen atoms in total. The average Bonchev–Trinajstić information content (AvgIpc) is 3.38. The van der Waals surface area contributed by atoms with E-state index in [1.807, 2.05) is 24.1 Å². The second-order valence-corrected chi connectivity index (χ2v) is 7.64. The van der Waals surface area contributed by atoms with E-state index in [4.69, 9.17) is 0 Å². The summed E-state index contributed by atoms with van der Waals surface area (Å²) in [6, 6.07) is 10.3. The van der Waals surface area contributed by atoms with Crippen molar-refractivity contribution in [3.8, 4) is 10.7 Å². The van der Waals surface area contributed by atoms with Crippen LogP contribution in [0, 0.1) is 0 Å². The maximum atomic E-state index is 12.4. The van der Waals surface area contributed by atoms with Crippen molar-refractivity contribution in [3.63, 3.8) is 0 Å². The Balaban J connectivity index is 1.37. The molecular formula is C20H22N4O2S. The molecule has 3 heterocycles. The minimum atomic E-state index is -0.163. The molecule has 3 aromatic rings. The molecule has 7 heteroatoms. The van der Waals surface area contributed by atoms with Crippen LogP contribution in [-0.2, 0) is 11.8 Å². The Labute approximate surface area is 161 Å². The van der Waals surface area contributed by atoms with Crippen molar-refractivity contribution in [3.05, 3.63) is 41.4 Å². The monoisotopic (exact) mass is 382 g/mol. The predicted octanol–water partition coefficient (Wildman–Crippen LogP) is 3.04. The number of carbonyl (C=O) groups excluding carboxylic acids is 2. The van der Waals surface area contributed by atoms with Gasteiger partial charge in [-0.05, 0) is 25.0 Å². The fraction of sp³-hybridized carbons (Fsp3) is 0.350. The standard InChI is InChI=1S/C20H22N4O2S/c1-23-16-7-3-2-6-14(16)12-17(23)20-22-15(13-27-20)19(26)21-9-5-11-24-10-4-8-18(24)25/h2-3,6-7,12-13H,4-5,8-11H2,1H3,(H,21,26). The number of fused-ring (bicyclic) bond motifs is 1. The number of benzene rings is 1. The zero-order valence-electron chi connectivity index (χ0n) is 15.3. The zero-order valence-corrected chi connectivity index (χ0v) is 16.1. The van der Waals surface area contributed by atoms with Crippen molar-refractivity contribution < 1.29 is 9.59 Å². The SMILES string of the molecule is Cn1c(-c2nc(C(=O)NCCCN3CCCC3=O)cs2)cc2ccccc21. The summed E-state index contributed by atoms with van der Waals surface area (Å²) in [4.78, 5) is 30.3. The molecule has 1 saturated heterocycles. The maximum absolute atomic E-state index is 12.4. The van der Waals surface area contributed by atoms with Crippen LogP contribution >= 0.6 is 11.3 Å². The van der Waals surface area contributed by atoms with Crippen molar-refractivity contribution >= 4 is 34.1 Å². The molecule has 0 aliphatic carbocycles. The highest BCUT2D eigenvalue weighted by molar-refractivity contribution is 7.13. The number of carbonyl (C=O) groups is 2. The number of hydrogen-bond donors (Lipinski definition) is 1. The van der Waals surface area contributed by atoms with Gasteiger partial charge in [0.1, 0.15) is 10.7 Å². The Bertz CT molecular complexity index is 991. The van der Waals surface area contributed by atoms with Crippen LogP contribution in [0.25, 0.3) is 21.6 Å². The summed E-state index contributed by atoms with van der Waals surface area (Å²) < 4.78 is 2.10. The van der Waals surface area contributed by atoms with Crippen LogP contribution in [-0.4, -0.2) is 45.9 Å². The second-order valence-electron chi connectivity index (χ2n) is 6.78. The first-order valence-corrected chi connectivity index (χ1v) is 10.1. The lowest BCUT2D eigenvalue weighted by molar-refractivity contribution is -0.127. The lowest BCUT2D eigenvalue weighted by Gasteiger charge is -2.14. The molecule has 1 aromatic carbocycles. The van der Waals surface area contributed by atoms with Gasteiger partial charge in [0.05, 0.1) is 5.69 Å². The van der Waals surface area contributed by atoms with Gasteiger partial charge >= 0.3 is 0 Å². The summed E-state index contributed by atoms with van der Waals surface area (Å²) in [5, 5.41) is 6.70. The fourth-order valence-corrected chi connectivity index (χ4v) is 4.34. The Kier molecular flexibility index (Phi) is 4.94. The van der Waals surface area contributed by atoms with Gasteiger partial charge in [-0.2, -0.15) is 0 Å². The molecular weight excluding hydrogens is 360 g/mol. The number of aromatic nitrogens is 2. The highest BCUT2D eigenvalue weighted by Crippen LogP contribution is 2.29. The van der Waals surface area contributed by atoms with E-state index in [0.29, 0.717) is 25.2 Å². The molecule has 1 aliphatic heterocycles. The van der Waals surface area contributed by atoms with E-state index in [9.17, 15) is 9.59 Å². The van der Waals surface area contributed by atoms with Gasteiger partial charge in [0.25, 0.3) is 5.91 Å². The summed E-state index contributed by atoms with van der Waals surface area (Å²) in [6.45, 7) is 2.09. The lowest BCUT2D eigenvalue weighted by atomic mass is 10.2. The zero-order chi connectivity index (χ0) is 18.8. The minimum Gasteiger partial charge on any atom is -0.351 e. The van der Waals surface area contributed by atoms with Crippen LogP contribution in [0.15, 0.2) is 35.7 Å². The van der Waals surface area contributed by atoms with E-state index in [1.54, 1.807) is 5.38 Å². The molecule has 0 radical (unpaired) electrons. The third-order valence-corrected chi connectivity index (χ3v) is 5.83. The Morgan fingerprint density at radius 1 is 1.33 bits per heavy atom. The minimum absolute atomic E-state index is 0.163. The molecule has 0 atom stereocenters. The summed E-state index contributed by atoms with van der Waals surface area (Å²) in [5.41, 5.74) is 2.59. The molecule has 0 unspecified atom stereocenters. The number of rotatable bonds is 6. The van der Waals surface area contributed by atoms with Crippen LogP contribution in [0.5, 0.6) is 0 Å². The molecule has 0 bridgehead atoms. The normalized spacial score (nSPS) is 14.3. The number of thiazole rings is 1. The van der Waals surface area contributed by atoms with E-state index in [1.165, 1.54) is 11.3 Å². The molecule has 4 rings (SSSR count). The van der Waals surface area contributed by atoms with Gasteiger partial charge in [0.2, 0.25) is 5.91 Å². The van der Waals surface area contributed by atoms with Crippen LogP contribution in [0.3, 0.4) is 0 Å². The highest BCUT2D eigenvalue weighted by Gasteiger charge is 2.19.